The molecule has 1 atom stereocenters. The Balaban J connectivity index is 2.25. The third-order valence-corrected chi connectivity index (χ3v) is 3.53. The van der Waals surface area contributed by atoms with E-state index >= 15 is 0 Å². The van der Waals surface area contributed by atoms with Crippen LogP contribution in [0.1, 0.15) is 23.7 Å². The molecular formula is C14H20FN3O. The zero-order valence-corrected chi connectivity index (χ0v) is 11.4. The average molecular weight is 265 g/mol. The Morgan fingerprint density at radius 1 is 1.42 bits per heavy atom. The number of anilines is 1. The van der Waals surface area contributed by atoms with Crippen LogP contribution in [0.25, 0.3) is 0 Å². The maximum atomic E-state index is 13.8. The minimum absolute atomic E-state index is 0.0661. The highest BCUT2D eigenvalue weighted by Crippen LogP contribution is 2.18. The predicted octanol–water partition coefficient (Wildman–Crippen LogP) is 1.57. The van der Waals surface area contributed by atoms with Crippen molar-refractivity contribution < 1.29 is 9.18 Å². The minimum atomic E-state index is -0.510. The number of benzene rings is 1. The van der Waals surface area contributed by atoms with Gasteiger partial charge in [-0.1, -0.05) is 0 Å². The van der Waals surface area contributed by atoms with Gasteiger partial charge in [-0.15, -0.1) is 0 Å². The summed E-state index contributed by atoms with van der Waals surface area (Å²) in [6, 6.07) is 4.20. The van der Waals surface area contributed by atoms with Gasteiger partial charge in [0.15, 0.2) is 0 Å². The first kappa shape index (κ1) is 13.8. The summed E-state index contributed by atoms with van der Waals surface area (Å²) in [5, 5.41) is 0. The van der Waals surface area contributed by atoms with E-state index < -0.39 is 5.82 Å². The van der Waals surface area contributed by atoms with Crippen LogP contribution in [0, 0.1) is 5.82 Å². The van der Waals surface area contributed by atoms with E-state index in [2.05, 4.69) is 4.90 Å². The van der Waals surface area contributed by atoms with Crippen LogP contribution in [0.5, 0.6) is 0 Å². The third kappa shape index (κ3) is 3.04. The van der Waals surface area contributed by atoms with Crippen molar-refractivity contribution in [3.63, 3.8) is 0 Å². The molecule has 104 valence electrons. The first-order chi connectivity index (χ1) is 8.99. The number of nitrogens with two attached hydrogens (primary N) is 1. The SMILES string of the molecule is CC1CN(C)CCCN1C(=O)c1cc(N)ccc1F. The van der Waals surface area contributed by atoms with E-state index in [4.69, 9.17) is 5.73 Å². The molecule has 1 heterocycles. The van der Waals surface area contributed by atoms with Gasteiger partial charge in [-0.2, -0.15) is 0 Å². The fourth-order valence-electron chi connectivity index (χ4n) is 2.54. The summed E-state index contributed by atoms with van der Waals surface area (Å²) in [4.78, 5) is 16.4. The Labute approximate surface area is 113 Å². The van der Waals surface area contributed by atoms with E-state index in [0.29, 0.717) is 12.2 Å². The number of nitrogens with zero attached hydrogens (tertiary/aromatic N) is 2. The fourth-order valence-corrected chi connectivity index (χ4v) is 2.54. The van der Waals surface area contributed by atoms with Crippen molar-refractivity contribution in [3.05, 3.63) is 29.6 Å². The number of likely N-dealkylation sites (N-methyl/N-ethyl adjacent to an activating group) is 1. The normalized spacial score (nSPS) is 21.2. The lowest BCUT2D eigenvalue weighted by atomic mass is 10.1. The summed E-state index contributed by atoms with van der Waals surface area (Å²) in [6.07, 6.45) is 0.899. The maximum absolute atomic E-state index is 13.8. The van der Waals surface area contributed by atoms with Crippen LogP contribution < -0.4 is 5.73 Å². The second-order valence-electron chi connectivity index (χ2n) is 5.20. The number of halogens is 1. The Hall–Kier alpha value is -1.62. The Kier molecular flexibility index (Phi) is 4.04. The molecule has 0 bridgehead atoms. The van der Waals surface area contributed by atoms with E-state index in [9.17, 15) is 9.18 Å². The van der Waals surface area contributed by atoms with Gasteiger partial charge in [0.05, 0.1) is 5.56 Å². The largest absolute Gasteiger partial charge is 0.399 e. The van der Waals surface area contributed by atoms with E-state index in [-0.39, 0.29) is 17.5 Å². The van der Waals surface area contributed by atoms with Gasteiger partial charge in [0.25, 0.3) is 5.91 Å². The summed E-state index contributed by atoms with van der Waals surface area (Å²) in [7, 11) is 2.03. The number of hydrogen-bond donors (Lipinski definition) is 1. The van der Waals surface area contributed by atoms with E-state index in [1.54, 1.807) is 4.90 Å². The van der Waals surface area contributed by atoms with Crippen LogP contribution in [-0.4, -0.2) is 48.4 Å². The maximum Gasteiger partial charge on any atom is 0.257 e. The van der Waals surface area contributed by atoms with Gasteiger partial charge in [-0.3, -0.25) is 4.79 Å². The van der Waals surface area contributed by atoms with E-state index in [1.165, 1.54) is 18.2 Å². The van der Waals surface area contributed by atoms with Crippen molar-refractivity contribution in [1.82, 2.24) is 9.80 Å². The van der Waals surface area contributed by atoms with Crippen LogP contribution in [0.3, 0.4) is 0 Å². The van der Waals surface area contributed by atoms with Gasteiger partial charge in [0.1, 0.15) is 5.82 Å². The van der Waals surface area contributed by atoms with Gasteiger partial charge >= 0.3 is 0 Å². The summed E-state index contributed by atoms with van der Waals surface area (Å²) in [6.45, 7) is 4.39. The molecule has 2 N–H and O–H groups in total. The summed E-state index contributed by atoms with van der Waals surface area (Å²) >= 11 is 0. The standard InChI is InChI=1S/C14H20FN3O/c1-10-9-17(2)6-3-7-18(10)14(19)12-8-11(16)4-5-13(12)15/h4-5,8,10H,3,6-7,9,16H2,1-2H3. The number of rotatable bonds is 1. The smallest absolute Gasteiger partial charge is 0.257 e. The first-order valence-corrected chi connectivity index (χ1v) is 6.53. The highest BCUT2D eigenvalue weighted by molar-refractivity contribution is 5.95. The number of nitrogen functional groups attached to an aromatic ring is 1. The molecule has 0 saturated carbocycles. The lowest BCUT2D eigenvalue weighted by Crippen LogP contribution is -2.42. The van der Waals surface area contributed by atoms with Gasteiger partial charge in [0, 0.05) is 24.8 Å². The van der Waals surface area contributed by atoms with Crippen molar-refractivity contribution in [2.45, 2.75) is 19.4 Å². The molecule has 1 aromatic rings. The molecule has 1 saturated heterocycles. The molecule has 1 aliphatic heterocycles. The molecule has 2 rings (SSSR count). The van der Waals surface area contributed by atoms with E-state index in [1.807, 2.05) is 14.0 Å². The Bertz CT molecular complexity index is 478. The summed E-state index contributed by atoms with van der Waals surface area (Å²) in [5.41, 5.74) is 6.11. The summed E-state index contributed by atoms with van der Waals surface area (Å²) in [5.74, 6) is -0.781. The molecule has 0 aromatic heterocycles. The van der Waals surface area contributed by atoms with Crippen LogP contribution >= 0.6 is 0 Å². The van der Waals surface area contributed by atoms with Gasteiger partial charge in [0.2, 0.25) is 0 Å². The lowest BCUT2D eigenvalue weighted by Gasteiger charge is -2.28. The van der Waals surface area contributed by atoms with Crippen molar-refractivity contribution >= 4 is 11.6 Å². The van der Waals surface area contributed by atoms with Gasteiger partial charge < -0.3 is 15.5 Å². The number of carbonyl (C=O) groups is 1. The third-order valence-electron chi connectivity index (χ3n) is 3.53. The van der Waals surface area contributed by atoms with Crippen molar-refractivity contribution in [3.8, 4) is 0 Å². The Morgan fingerprint density at radius 3 is 2.89 bits per heavy atom. The van der Waals surface area contributed by atoms with Crippen LogP contribution in [0.2, 0.25) is 0 Å². The monoisotopic (exact) mass is 265 g/mol. The second-order valence-corrected chi connectivity index (χ2v) is 5.20. The number of amides is 1. The molecule has 1 fully saturated rings. The van der Waals surface area contributed by atoms with Crippen LogP contribution in [0.15, 0.2) is 18.2 Å². The van der Waals surface area contributed by atoms with Gasteiger partial charge in [-0.25, -0.2) is 4.39 Å². The molecular weight excluding hydrogens is 245 g/mol. The number of hydrogen-bond acceptors (Lipinski definition) is 3. The first-order valence-electron chi connectivity index (χ1n) is 6.53. The topological polar surface area (TPSA) is 49.6 Å². The molecule has 4 nitrogen and oxygen atoms in total. The molecule has 19 heavy (non-hydrogen) atoms. The Morgan fingerprint density at radius 2 is 2.16 bits per heavy atom. The van der Waals surface area contributed by atoms with Crippen LogP contribution in [0.4, 0.5) is 10.1 Å². The lowest BCUT2D eigenvalue weighted by molar-refractivity contribution is 0.0692. The zero-order chi connectivity index (χ0) is 14.0. The molecule has 0 spiro atoms. The average Bonchev–Trinajstić information content (AvgIpc) is 2.52. The molecule has 0 aliphatic carbocycles. The van der Waals surface area contributed by atoms with Crippen LogP contribution in [-0.2, 0) is 0 Å². The van der Waals surface area contributed by atoms with E-state index in [0.717, 1.165) is 19.5 Å². The predicted molar refractivity (Wildman–Crippen MR) is 73.4 cm³/mol. The van der Waals surface area contributed by atoms with Crippen molar-refractivity contribution in [2.75, 3.05) is 32.4 Å². The molecule has 1 aromatic carbocycles. The molecule has 1 unspecified atom stereocenters. The highest BCUT2D eigenvalue weighted by Gasteiger charge is 2.26. The summed E-state index contributed by atoms with van der Waals surface area (Å²) < 4.78 is 13.8. The van der Waals surface area contributed by atoms with Crippen molar-refractivity contribution in [2.24, 2.45) is 0 Å². The zero-order valence-electron chi connectivity index (χ0n) is 11.4. The fraction of sp³-hybridized carbons (Fsp3) is 0.500. The van der Waals surface area contributed by atoms with Crippen molar-refractivity contribution in [1.29, 1.82) is 0 Å². The molecule has 0 radical (unpaired) electrons. The number of carbonyl (C=O) groups excluding carboxylic acids is 1. The van der Waals surface area contributed by atoms with Gasteiger partial charge in [-0.05, 0) is 45.1 Å². The molecule has 1 aliphatic rings. The quantitative estimate of drug-likeness (QED) is 0.784. The molecule has 5 heteroatoms. The second kappa shape index (κ2) is 5.57. The minimum Gasteiger partial charge on any atom is -0.399 e. The highest BCUT2D eigenvalue weighted by atomic mass is 19.1. The molecule has 1 amide bonds.